The van der Waals surface area contributed by atoms with E-state index < -0.39 is 0 Å². The van der Waals surface area contributed by atoms with E-state index in [-0.39, 0.29) is 0 Å². The highest BCUT2D eigenvalue weighted by molar-refractivity contribution is 9.10. The third kappa shape index (κ3) is 2.82. The largest absolute Gasteiger partial charge is 0.316 e. The highest BCUT2D eigenvalue weighted by atomic mass is 79.9. The van der Waals surface area contributed by atoms with Crippen LogP contribution in [0.5, 0.6) is 0 Å². The molecule has 1 N–H and O–H groups in total. The van der Waals surface area contributed by atoms with Gasteiger partial charge in [0.1, 0.15) is 0 Å². The average molecular weight is 268 g/mol. The molecule has 1 aromatic carbocycles. The SMILES string of the molecule is CC(c1ccc(Br)cc1)C1CCCNC1. The fraction of sp³-hybridized carbons (Fsp3) is 0.538. The van der Waals surface area contributed by atoms with E-state index in [1.54, 1.807) is 0 Å². The third-order valence-corrected chi connectivity index (χ3v) is 3.97. The van der Waals surface area contributed by atoms with Crippen molar-refractivity contribution < 1.29 is 0 Å². The van der Waals surface area contributed by atoms with E-state index >= 15 is 0 Å². The molecule has 0 aliphatic carbocycles. The van der Waals surface area contributed by atoms with E-state index in [1.165, 1.54) is 36.0 Å². The van der Waals surface area contributed by atoms with E-state index in [1.807, 2.05) is 0 Å². The minimum atomic E-state index is 0.672. The molecule has 0 saturated carbocycles. The fourth-order valence-corrected chi connectivity index (χ4v) is 2.61. The topological polar surface area (TPSA) is 12.0 Å². The van der Waals surface area contributed by atoms with Crippen molar-refractivity contribution in [2.75, 3.05) is 13.1 Å². The molecule has 1 heterocycles. The van der Waals surface area contributed by atoms with Crippen molar-refractivity contribution in [1.82, 2.24) is 5.32 Å². The molecular weight excluding hydrogens is 250 g/mol. The lowest BCUT2D eigenvalue weighted by Gasteiger charge is -2.28. The van der Waals surface area contributed by atoms with Crippen molar-refractivity contribution >= 4 is 15.9 Å². The van der Waals surface area contributed by atoms with Gasteiger partial charge in [-0.1, -0.05) is 35.0 Å². The predicted octanol–water partition coefficient (Wildman–Crippen LogP) is 3.55. The second kappa shape index (κ2) is 5.13. The minimum absolute atomic E-state index is 0.672. The van der Waals surface area contributed by atoms with Gasteiger partial charge in [-0.15, -0.1) is 0 Å². The summed E-state index contributed by atoms with van der Waals surface area (Å²) in [5.74, 6) is 1.48. The van der Waals surface area contributed by atoms with Gasteiger partial charge in [0.15, 0.2) is 0 Å². The van der Waals surface area contributed by atoms with Crippen LogP contribution in [0.25, 0.3) is 0 Å². The van der Waals surface area contributed by atoms with Crippen LogP contribution in [0.15, 0.2) is 28.7 Å². The molecule has 0 bridgehead atoms. The summed E-state index contributed by atoms with van der Waals surface area (Å²) >= 11 is 3.48. The summed E-state index contributed by atoms with van der Waals surface area (Å²) in [5, 5.41) is 3.49. The molecule has 15 heavy (non-hydrogen) atoms. The van der Waals surface area contributed by atoms with Gasteiger partial charge in [0.05, 0.1) is 0 Å². The number of hydrogen-bond donors (Lipinski definition) is 1. The Morgan fingerprint density at radius 3 is 2.67 bits per heavy atom. The molecule has 1 nitrogen and oxygen atoms in total. The zero-order chi connectivity index (χ0) is 10.7. The van der Waals surface area contributed by atoms with Gasteiger partial charge in [-0.25, -0.2) is 0 Å². The van der Waals surface area contributed by atoms with Crippen LogP contribution in [0.2, 0.25) is 0 Å². The van der Waals surface area contributed by atoms with Crippen LogP contribution < -0.4 is 5.32 Å². The molecule has 0 amide bonds. The molecule has 2 unspecified atom stereocenters. The molecular formula is C13H18BrN. The Morgan fingerprint density at radius 2 is 2.07 bits per heavy atom. The van der Waals surface area contributed by atoms with Gasteiger partial charge in [-0.3, -0.25) is 0 Å². The van der Waals surface area contributed by atoms with Crippen LogP contribution in [0, 0.1) is 5.92 Å². The summed E-state index contributed by atoms with van der Waals surface area (Å²) < 4.78 is 1.17. The van der Waals surface area contributed by atoms with Gasteiger partial charge < -0.3 is 5.32 Å². The Bertz CT molecular complexity index is 301. The van der Waals surface area contributed by atoms with Gasteiger partial charge in [-0.2, -0.15) is 0 Å². The number of hydrogen-bond acceptors (Lipinski definition) is 1. The molecule has 82 valence electrons. The smallest absolute Gasteiger partial charge is 0.0175 e. The number of halogens is 1. The lowest BCUT2D eigenvalue weighted by molar-refractivity contribution is 0.334. The van der Waals surface area contributed by atoms with Crippen LogP contribution in [-0.4, -0.2) is 13.1 Å². The highest BCUT2D eigenvalue weighted by Gasteiger charge is 2.20. The van der Waals surface area contributed by atoms with Gasteiger partial charge in [0.25, 0.3) is 0 Å². The van der Waals surface area contributed by atoms with Crippen LogP contribution in [0.3, 0.4) is 0 Å². The molecule has 1 fully saturated rings. The summed E-state index contributed by atoms with van der Waals surface area (Å²) in [6.07, 6.45) is 2.69. The maximum atomic E-state index is 3.49. The summed E-state index contributed by atoms with van der Waals surface area (Å²) in [6.45, 7) is 4.72. The summed E-state index contributed by atoms with van der Waals surface area (Å²) in [6, 6.07) is 8.76. The number of piperidine rings is 1. The Kier molecular flexibility index (Phi) is 3.81. The zero-order valence-electron chi connectivity index (χ0n) is 9.17. The van der Waals surface area contributed by atoms with E-state index in [0.29, 0.717) is 5.92 Å². The first-order valence-corrected chi connectivity index (χ1v) is 6.53. The number of nitrogens with one attached hydrogen (secondary N) is 1. The van der Waals surface area contributed by atoms with Crippen LogP contribution >= 0.6 is 15.9 Å². The van der Waals surface area contributed by atoms with Crippen molar-refractivity contribution in [1.29, 1.82) is 0 Å². The minimum Gasteiger partial charge on any atom is -0.316 e. The number of benzene rings is 1. The second-order valence-electron chi connectivity index (χ2n) is 4.45. The van der Waals surface area contributed by atoms with Crippen molar-refractivity contribution in [2.24, 2.45) is 5.92 Å². The molecule has 2 atom stereocenters. The standard InChI is InChI=1S/C13H18BrN/c1-10(12-3-2-8-15-9-12)11-4-6-13(14)7-5-11/h4-7,10,12,15H,2-3,8-9H2,1H3. The lowest BCUT2D eigenvalue weighted by Crippen LogP contribution is -2.32. The Hall–Kier alpha value is -0.340. The average Bonchev–Trinajstić information content (AvgIpc) is 2.30. The molecule has 1 aromatic rings. The van der Waals surface area contributed by atoms with E-state index in [0.717, 1.165) is 5.92 Å². The molecule has 1 saturated heterocycles. The van der Waals surface area contributed by atoms with Crippen molar-refractivity contribution in [3.8, 4) is 0 Å². The fourth-order valence-electron chi connectivity index (χ4n) is 2.34. The molecule has 1 aliphatic rings. The van der Waals surface area contributed by atoms with E-state index in [9.17, 15) is 0 Å². The molecule has 2 rings (SSSR count). The van der Waals surface area contributed by atoms with Crippen molar-refractivity contribution in [2.45, 2.75) is 25.7 Å². The van der Waals surface area contributed by atoms with Crippen LogP contribution in [0.1, 0.15) is 31.2 Å². The van der Waals surface area contributed by atoms with Crippen molar-refractivity contribution in [3.05, 3.63) is 34.3 Å². The summed E-state index contributed by atoms with van der Waals surface area (Å²) in [4.78, 5) is 0. The van der Waals surface area contributed by atoms with Crippen LogP contribution in [-0.2, 0) is 0 Å². The first-order valence-electron chi connectivity index (χ1n) is 5.73. The lowest BCUT2D eigenvalue weighted by atomic mass is 9.83. The molecule has 0 radical (unpaired) electrons. The Morgan fingerprint density at radius 1 is 1.33 bits per heavy atom. The Balaban J connectivity index is 2.05. The molecule has 2 heteroatoms. The first-order chi connectivity index (χ1) is 7.27. The molecule has 0 aromatic heterocycles. The zero-order valence-corrected chi connectivity index (χ0v) is 10.8. The summed E-state index contributed by atoms with van der Waals surface area (Å²) in [7, 11) is 0. The first kappa shape index (κ1) is 11.2. The predicted molar refractivity (Wildman–Crippen MR) is 68.2 cm³/mol. The highest BCUT2D eigenvalue weighted by Crippen LogP contribution is 2.29. The van der Waals surface area contributed by atoms with E-state index in [2.05, 4.69) is 52.4 Å². The van der Waals surface area contributed by atoms with Gasteiger partial charge in [0.2, 0.25) is 0 Å². The van der Waals surface area contributed by atoms with Gasteiger partial charge >= 0.3 is 0 Å². The molecule has 0 spiro atoms. The van der Waals surface area contributed by atoms with Crippen LogP contribution in [0.4, 0.5) is 0 Å². The maximum absolute atomic E-state index is 3.49. The summed E-state index contributed by atoms with van der Waals surface area (Å²) in [5.41, 5.74) is 1.46. The van der Waals surface area contributed by atoms with E-state index in [4.69, 9.17) is 0 Å². The van der Waals surface area contributed by atoms with Gasteiger partial charge in [0, 0.05) is 4.47 Å². The maximum Gasteiger partial charge on any atom is 0.0175 e. The third-order valence-electron chi connectivity index (χ3n) is 3.44. The number of rotatable bonds is 2. The quantitative estimate of drug-likeness (QED) is 0.864. The Labute approximate surface area is 100 Å². The van der Waals surface area contributed by atoms with Crippen molar-refractivity contribution in [3.63, 3.8) is 0 Å². The second-order valence-corrected chi connectivity index (χ2v) is 5.36. The molecule has 1 aliphatic heterocycles. The monoisotopic (exact) mass is 267 g/mol. The van der Waals surface area contributed by atoms with Gasteiger partial charge in [-0.05, 0) is 55.5 Å². The normalized spacial score (nSPS) is 23.7.